The molecule has 0 saturated heterocycles. The molecule has 2 aliphatic carbocycles. The van der Waals surface area contributed by atoms with E-state index >= 15 is 0 Å². The van der Waals surface area contributed by atoms with Crippen molar-refractivity contribution < 1.29 is 4.39 Å². The zero-order chi connectivity index (χ0) is 13.9. The van der Waals surface area contributed by atoms with Gasteiger partial charge in [-0.25, -0.2) is 4.39 Å². The van der Waals surface area contributed by atoms with Crippen molar-refractivity contribution in [1.29, 1.82) is 0 Å². The fourth-order valence-electron chi connectivity index (χ4n) is 3.66. The molecule has 3 rings (SSSR count). The molecular formula is C18H26FN. The number of nitrogens with one attached hydrogen (secondary N) is 1. The molecule has 20 heavy (non-hydrogen) atoms. The summed E-state index contributed by atoms with van der Waals surface area (Å²) in [6, 6.07) is 8.10. The highest BCUT2D eigenvalue weighted by molar-refractivity contribution is 5.22. The van der Waals surface area contributed by atoms with Crippen LogP contribution in [0.4, 0.5) is 4.39 Å². The van der Waals surface area contributed by atoms with Crippen molar-refractivity contribution in [3.63, 3.8) is 0 Å². The lowest BCUT2D eigenvalue weighted by Gasteiger charge is -2.32. The van der Waals surface area contributed by atoms with Crippen LogP contribution in [0.1, 0.15) is 63.5 Å². The van der Waals surface area contributed by atoms with E-state index in [2.05, 4.69) is 12.2 Å². The Hall–Kier alpha value is -0.890. The zero-order valence-corrected chi connectivity index (χ0v) is 12.4. The maximum absolute atomic E-state index is 13.1. The summed E-state index contributed by atoms with van der Waals surface area (Å²) in [6.45, 7) is 2.34. The van der Waals surface area contributed by atoms with Gasteiger partial charge in [0.1, 0.15) is 5.82 Å². The van der Waals surface area contributed by atoms with Gasteiger partial charge < -0.3 is 5.32 Å². The van der Waals surface area contributed by atoms with Crippen LogP contribution < -0.4 is 5.32 Å². The summed E-state index contributed by atoms with van der Waals surface area (Å²) in [5, 5.41) is 3.86. The van der Waals surface area contributed by atoms with Crippen LogP contribution in [0.2, 0.25) is 0 Å². The van der Waals surface area contributed by atoms with E-state index in [0.717, 1.165) is 11.8 Å². The van der Waals surface area contributed by atoms with Crippen LogP contribution in [0.25, 0.3) is 0 Å². The number of benzene rings is 1. The predicted molar refractivity (Wildman–Crippen MR) is 81.0 cm³/mol. The third-order valence-electron chi connectivity index (χ3n) is 5.12. The normalized spacial score (nSPS) is 23.5. The van der Waals surface area contributed by atoms with Crippen molar-refractivity contribution in [2.45, 2.75) is 64.0 Å². The fraction of sp³-hybridized carbons (Fsp3) is 0.667. The van der Waals surface area contributed by atoms with Gasteiger partial charge in [0.25, 0.3) is 0 Å². The molecule has 2 fully saturated rings. The second-order valence-electron chi connectivity index (χ2n) is 6.72. The third-order valence-corrected chi connectivity index (χ3v) is 5.12. The molecule has 0 bridgehead atoms. The molecule has 1 N–H and O–H groups in total. The molecule has 2 saturated carbocycles. The van der Waals surface area contributed by atoms with Gasteiger partial charge in [-0.1, -0.05) is 31.4 Å². The Kier molecular flexibility index (Phi) is 4.40. The molecule has 1 aromatic carbocycles. The maximum Gasteiger partial charge on any atom is 0.123 e. The average molecular weight is 275 g/mol. The van der Waals surface area contributed by atoms with E-state index in [1.165, 1.54) is 50.5 Å². The molecule has 1 unspecified atom stereocenters. The predicted octanol–water partition coefficient (Wildman–Crippen LogP) is 4.84. The Bertz CT molecular complexity index is 418. The Balaban J connectivity index is 1.66. The summed E-state index contributed by atoms with van der Waals surface area (Å²) in [5.74, 6) is 1.44. The lowest BCUT2D eigenvalue weighted by atomic mass is 9.84. The summed E-state index contributed by atoms with van der Waals surface area (Å²) in [4.78, 5) is 0. The minimum Gasteiger partial charge on any atom is -0.307 e. The molecule has 0 aromatic heterocycles. The summed E-state index contributed by atoms with van der Waals surface area (Å²) in [5.41, 5.74) is 1.26. The van der Waals surface area contributed by atoms with E-state index in [1.807, 2.05) is 12.1 Å². The van der Waals surface area contributed by atoms with Gasteiger partial charge in [-0.3, -0.25) is 0 Å². The second kappa shape index (κ2) is 6.26. The van der Waals surface area contributed by atoms with Crippen LogP contribution in [-0.4, -0.2) is 6.04 Å². The summed E-state index contributed by atoms with van der Waals surface area (Å²) < 4.78 is 13.1. The minimum atomic E-state index is -0.136. The van der Waals surface area contributed by atoms with Gasteiger partial charge >= 0.3 is 0 Å². The highest BCUT2D eigenvalue weighted by Crippen LogP contribution is 2.42. The molecule has 0 spiro atoms. The van der Waals surface area contributed by atoms with Crippen LogP contribution in [0, 0.1) is 17.7 Å². The number of hydrogen-bond donors (Lipinski definition) is 1. The van der Waals surface area contributed by atoms with Gasteiger partial charge in [0.15, 0.2) is 0 Å². The van der Waals surface area contributed by atoms with E-state index < -0.39 is 0 Å². The maximum atomic E-state index is 13.1. The number of halogens is 1. The van der Waals surface area contributed by atoms with Crippen molar-refractivity contribution in [2.75, 3.05) is 0 Å². The van der Waals surface area contributed by atoms with Gasteiger partial charge in [0.2, 0.25) is 0 Å². The van der Waals surface area contributed by atoms with E-state index in [0.29, 0.717) is 12.1 Å². The summed E-state index contributed by atoms with van der Waals surface area (Å²) in [7, 11) is 0. The van der Waals surface area contributed by atoms with E-state index in [4.69, 9.17) is 0 Å². The van der Waals surface area contributed by atoms with E-state index in [-0.39, 0.29) is 5.82 Å². The van der Waals surface area contributed by atoms with E-state index in [9.17, 15) is 4.39 Å². The standard InChI is InChI=1S/C18H26FN/c1-13(14-5-3-2-4-6-14)20-18(15-7-8-15)16-9-11-17(19)12-10-16/h9-15,18,20H,2-8H2,1H3/t13-,18?/m1/s1. The number of hydrogen-bond acceptors (Lipinski definition) is 1. The zero-order valence-electron chi connectivity index (χ0n) is 12.4. The van der Waals surface area contributed by atoms with Crippen LogP contribution in [0.15, 0.2) is 24.3 Å². The lowest BCUT2D eigenvalue weighted by Crippen LogP contribution is -2.38. The van der Waals surface area contributed by atoms with Crippen molar-refractivity contribution in [3.05, 3.63) is 35.6 Å². The largest absolute Gasteiger partial charge is 0.307 e. The Labute approximate surface area is 122 Å². The molecule has 1 nitrogen and oxygen atoms in total. The molecule has 1 aromatic rings. The smallest absolute Gasteiger partial charge is 0.123 e. The van der Waals surface area contributed by atoms with Crippen LogP contribution >= 0.6 is 0 Å². The molecule has 2 atom stereocenters. The fourth-order valence-corrected chi connectivity index (χ4v) is 3.66. The van der Waals surface area contributed by atoms with Gasteiger partial charge in [-0.2, -0.15) is 0 Å². The second-order valence-corrected chi connectivity index (χ2v) is 6.72. The molecule has 0 aliphatic heterocycles. The highest BCUT2D eigenvalue weighted by atomic mass is 19.1. The van der Waals surface area contributed by atoms with Crippen molar-refractivity contribution >= 4 is 0 Å². The lowest BCUT2D eigenvalue weighted by molar-refractivity contribution is 0.257. The highest BCUT2D eigenvalue weighted by Gasteiger charge is 2.34. The first-order valence-electron chi connectivity index (χ1n) is 8.25. The Morgan fingerprint density at radius 2 is 1.60 bits per heavy atom. The quantitative estimate of drug-likeness (QED) is 0.811. The SMILES string of the molecule is C[C@@H](NC(c1ccc(F)cc1)C1CC1)C1CCCCC1. The van der Waals surface area contributed by atoms with Crippen LogP contribution in [0.3, 0.4) is 0 Å². The average Bonchev–Trinajstić information content (AvgIpc) is 3.31. The van der Waals surface area contributed by atoms with Crippen LogP contribution in [-0.2, 0) is 0 Å². The van der Waals surface area contributed by atoms with Crippen molar-refractivity contribution in [2.24, 2.45) is 11.8 Å². The first-order chi connectivity index (χ1) is 9.74. The van der Waals surface area contributed by atoms with Gasteiger partial charge in [-0.05, 0) is 62.1 Å². The van der Waals surface area contributed by atoms with Gasteiger partial charge in [0.05, 0.1) is 0 Å². The Morgan fingerprint density at radius 1 is 0.950 bits per heavy atom. The molecule has 0 amide bonds. The van der Waals surface area contributed by atoms with Crippen LogP contribution in [0.5, 0.6) is 0 Å². The third kappa shape index (κ3) is 3.41. The monoisotopic (exact) mass is 275 g/mol. The van der Waals surface area contributed by atoms with Crippen molar-refractivity contribution in [1.82, 2.24) is 5.32 Å². The first kappa shape index (κ1) is 14.1. The summed E-state index contributed by atoms with van der Waals surface area (Å²) >= 11 is 0. The molecule has 0 heterocycles. The van der Waals surface area contributed by atoms with E-state index in [1.54, 1.807) is 12.1 Å². The molecular weight excluding hydrogens is 249 g/mol. The Morgan fingerprint density at radius 3 is 2.20 bits per heavy atom. The van der Waals surface area contributed by atoms with Gasteiger partial charge in [0, 0.05) is 12.1 Å². The molecule has 110 valence electrons. The first-order valence-corrected chi connectivity index (χ1v) is 8.25. The summed E-state index contributed by atoms with van der Waals surface area (Å²) in [6.07, 6.45) is 9.55. The molecule has 2 aliphatic rings. The molecule has 0 radical (unpaired) electrons. The van der Waals surface area contributed by atoms with Crippen molar-refractivity contribution in [3.8, 4) is 0 Å². The number of rotatable bonds is 5. The molecule has 2 heteroatoms. The minimum absolute atomic E-state index is 0.136. The topological polar surface area (TPSA) is 12.0 Å². The van der Waals surface area contributed by atoms with Gasteiger partial charge in [-0.15, -0.1) is 0 Å².